The number of nitrogens with zero attached hydrogens (tertiary/aromatic N) is 5. The first-order valence-electron chi connectivity index (χ1n) is 12.0. The van der Waals surface area contributed by atoms with Gasteiger partial charge < -0.3 is 9.80 Å². The van der Waals surface area contributed by atoms with E-state index >= 15 is 0 Å². The van der Waals surface area contributed by atoms with Crippen molar-refractivity contribution in [2.45, 2.75) is 46.1 Å². The Morgan fingerprint density at radius 2 is 1.73 bits per heavy atom. The summed E-state index contributed by atoms with van der Waals surface area (Å²) in [6, 6.07) is 10.1. The highest BCUT2D eigenvalue weighted by Gasteiger charge is 2.33. The van der Waals surface area contributed by atoms with Gasteiger partial charge in [0, 0.05) is 43.7 Å². The van der Waals surface area contributed by atoms with Crippen molar-refractivity contribution in [3.05, 3.63) is 47.7 Å². The van der Waals surface area contributed by atoms with Crippen LogP contribution in [0.1, 0.15) is 55.1 Å². The Hall–Kier alpha value is -3.22. The Morgan fingerprint density at radius 1 is 1.03 bits per heavy atom. The molecule has 1 aliphatic carbocycles. The molecule has 1 saturated carbocycles. The summed E-state index contributed by atoms with van der Waals surface area (Å²) in [5, 5.41) is 5.32. The second-order valence-corrected chi connectivity index (χ2v) is 9.54. The first-order valence-corrected chi connectivity index (χ1v) is 12.0. The molecular weight excluding hydrogens is 414 g/mol. The van der Waals surface area contributed by atoms with Crippen LogP contribution in [0.25, 0.3) is 22.3 Å². The first-order chi connectivity index (χ1) is 15.9. The standard InChI is InChI=1S/C26H31N5O2/c1-17(2)31-24-22(16-27-31)21(15-23(28-24)20-10-5-4-7-18(20)3)26(33)30-13-11-29(12-14-30)25(32)19-8-6-9-19/h4-5,7,10,15-17,19H,6,8-9,11-14H2,1-3H3. The van der Waals surface area contributed by atoms with Crippen molar-refractivity contribution in [2.75, 3.05) is 26.2 Å². The van der Waals surface area contributed by atoms with Crippen LogP contribution in [0.15, 0.2) is 36.5 Å². The predicted octanol–water partition coefficient (Wildman–Crippen LogP) is 4.07. The van der Waals surface area contributed by atoms with Gasteiger partial charge in [0.2, 0.25) is 5.91 Å². The van der Waals surface area contributed by atoms with Crippen LogP contribution in [0.5, 0.6) is 0 Å². The number of piperazine rings is 1. The lowest BCUT2D eigenvalue weighted by Crippen LogP contribution is -2.52. The number of pyridine rings is 1. The van der Waals surface area contributed by atoms with Crippen molar-refractivity contribution in [3.63, 3.8) is 0 Å². The van der Waals surface area contributed by atoms with Crippen LogP contribution in [0.4, 0.5) is 0 Å². The third-order valence-electron chi connectivity index (χ3n) is 7.04. The van der Waals surface area contributed by atoms with Crippen LogP contribution in [0, 0.1) is 12.8 Å². The molecule has 3 aromatic rings. The van der Waals surface area contributed by atoms with Gasteiger partial charge in [0.15, 0.2) is 5.65 Å². The van der Waals surface area contributed by atoms with Gasteiger partial charge in [-0.3, -0.25) is 9.59 Å². The Balaban J connectivity index is 1.47. The zero-order valence-corrected chi connectivity index (χ0v) is 19.6. The fourth-order valence-electron chi connectivity index (χ4n) is 4.78. The minimum absolute atomic E-state index is 0.0173. The van der Waals surface area contributed by atoms with Crippen LogP contribution >= 0.6 is 0 Å². The molecule has 0 N–H and O–H groups in total. The molecule has 7 heteroatoms. The monoisotopic (exact) mass is 445 g/mol. The van der Waals surface area contributed by atoms with Gasteiger partial charge in [-0.15, -0.1) is 0 Å². The van der Waals surface area contributed by atoms with Gasteiger partial charge in [0.25, 0.3) is 5.91 Å². The van der Waals surface area contributed by atoms with E-state index in [2.05, 4.69) is 31.9 Å². The van der Waals surface area contributed by atoms with E-state index in [4.69, 9.17) is 4.98 Å². The number of aryl methyl sites for hydroxylation is 1. The van der Waals surface area contributed by atoms with Gasteiger partial charge in [-0.05, 0) is 45.2 Å². The molecule has 1 aromatic carbocycles. The van der Waals surface area contributed by atoms with Gasteiger partial charge in [0.05, 0.1) is 22.8 Å². The molecule has 7 nitrogen and oxygen atoms in total. The number of aromatic nitrogens is 3. The van der Waals surface area contributed by atoms with Crippen molar-refractivity contribution in [1.82, 2.24) is 24.6 Å². The molecule has 3 heterocycles. The molecule has 5 rings (SSSR count). The van der Waals surface area contributed by atoms with E-state index in [1.54, 1.807) is 6.20 Å². The van der Waals surface area contributed by atoms with E-state index in [1.807, 2.05) is 38.7 Å². The molecule has 1 aliphatic heterocycles. The number of carbonyl (C=O) groups excluding carboxylic acids is 2. The molecule has 1 saturated heterocycles. The molecule has 2 aromatic heterocycles. The number of fused-ring (bicyclic) bond motifs is 1. The summed E-state index contributed by atoms with van der Waals surface area (Å²) in [6.45, 7) is 8.50. The number of benzene rings is 1. The predicted molar refractivity (Wildman–Crippen MR) is 128 cm³/mol. The summed E-state index contributed by atoms with van der Waals surface area (Å²) in [5.41, 5.74) is 4.27. The molecule has 0 unspecified atom stereocenters. The third-order valence-corrected chi connectivity index (χ3v) is 7.04. The maximum Gasteiger partial charge on any atom is 0.254 e. The maximum atomic E-state index is 13.7. The van der Waals surface area contributed by atoms with Crippen LogP contribution in [-0.2, 0) is 4.79 Å². The Morgan fingerprint density at radius 3 is 2.36 bits per heavy atom. The molecular formula is C26H31N5O2. The van der Waals surface area contributed by atoms with Crippen molar-refractivity contribution in [3.8, 4) is 11.3 Å². The second-order valence-electron chi connectivity index (χ2n) is 9.54. The third kappa shape index (κ3) is 3.90. The van der Waals surface area contributed by atoms with Crippen molar-refractivity contribution in [1.29, 1.82) is 0 Å². The average molecular weight is 446 g/mol. The van der Waals surface area contributed by atoms with Crippen molar-refractivity contribution < 1.29 is 9.59 Å². The number of amides is 2. The summed E-state index contributed by atoms with van der Waals surface area (Å²) in [7, 11) is 0. The molecule has 172 valence electrons. The van der Waals surface area contributed by atoms with Crippen LogP contribution in [0.3, 0.4) is 0 Å². The number of rotatable bonds is 4. The van der Waals surface area contributed by atoms with Gasteiger partial charge in [-0.2, -0.15) is 5.10 Å². The largest absolute Gasteiger partial charge is 0.339 e. The molecule has 0 radical (unpaired) electrons. The lowest BCUT2D eigenvalue weighted by molar-refractivity contribution is -0.139. The summed E-state index contributed by atoms with van der Waals surface area (Å²) < 4.78 is 1.88. The molecule has 2 fully saturated rings. The highest BCUT2D eigenvalue weighted by Crippen LogP contribution is 2.30. The Labute approximate surface area is 194 Å². The molecule has 33 heavy (non-hydrogen) atoms. The summed E-state index contributed by atoms with van der Waals surface area (Å²) in [6.07, 6.45) is 4.93. The van der Waals surface area contributed by atoms with Crippen molar-refractivity contribution >= 4 is 22.8 Å². The number of carbonyl (C=O) groups is 2. The smallest absolute Gasteiger partial charge is 0.254 e. The summed E-state index contributed by atoms with van der Waals surface area (Å²) >= 11 is 0. The van der Waals surface area contributed by atoms with E-state index in [1.165, 1.54) is 0 Å². The SMILES string of the molecule is Cc1ccccc1-c1cc(C(=O)N2CCN(C(=O)C3CCC3)CC2)c2cnn(C(C)C)c2n1. The molecule has 2 amide bonds. The first kappa shape index (κ1) is 21.6. The fourth-order valence-corrected chi connectivity index (χ4v) is 4.78. The van der Waals surface area contributed by atoms with E-state index in [-0.39, 0.29) is 23.8 Å². The summed E-state index contributed by atoms with van der Waals surface area (Å²) in [5.74, 6) is 0.446. The second kappa shape index (κ2) is 8.61. The Kier molecular flexibility index (Phi) is 5.64. The highest BCUT2D eigenvalue weighted by molar-refractivity contribution is 6.06. The molecule has 0 spiro atoms. The van der Waals surface area contributed by atoms with E-state index in [0.717, 1.165) is 47.1 Å². The van der Waals surface area contributed by atoms with Gasteiger partial charge >= 0.3 is 0 Å². The average Bonchev–Trinajstić information content (AvgIpc) is 3.21. The quantitative estimate of drug-likeness (QED) is 0.607. The van der Waals surface area contributed by atoms with Crippen molar-refractivity contribution in [2.24, 2.45) is 5.92 Å². The minimum Gasteiger partial charge on any atom is -0.339 e. The Bertz CT molecular complexity index is 1200. The maximum absolute atomic E-state index is 13.7. The lowest BCUT2D eigenvalue weighted by atomic mass is 9.84. The van der Waals surface area contributed by atoms with Gasteiger partial charge in [0.1, 0.15) is 0 Å². The number of hydrogen-bond acceptors (Lipinski definition) is 4. The lowest BCUT2D eigenvalue weighted by Gasteiger charge is -2.38. The van der Waals surface area contributed by atoms with Gasteiger partial charge in [-0.25, -0.2) is 9.67 Å². The zero-order valence-electron chi connectivity index (χ0n) is 19.6. The fraction of sp³-hybridized carbons (Fsp3) is 0.462. The van der Waals surface area contributed by atoms with Crippen LogP contribution in [-0.4, -0.2) is 62.6 Å². The van der Waals surface area contributed by atoms with Crippen LogP contribution < -0.4 is 0 Å². The normalized spacial score (nSPS) is 17.0. The summed E-state index contributed by atoms with van der Waals surface area (Å²) in [4.78, 5) is 35.0. The van der Waals surface area contributed by atoms with Crippen LogP contribution in [0.2, 0.25) is 0 Å². The van der Waals surface area contributed by atoms with Gasteiger partial charge in [-0.1, -0.05) is 30.7 Å². The molecule has 2 aliphatic rings. The topological polar surface area (TPSA) is 71.3 Å². The minimum atomic E-state index is -0.0173. The van der Waals surface area contributed by atoms with E-state index in [9.17, 15) is 9.59 Å². The molecule has 0 bridgehead atoms. The highest BCUT2D eigenvalue weighted by atomic mass is 16.2. The zero-order chi connectivity index (χ0) is 23.1. The van der Waals surface area contributed by atoms with E-state index in [0.29, 0.717) is 31.7 Å². The number of hydrogen-bond donors (Lipinski definition) is 0. The van der Waals surface area contributed by atoms with E-state index < -0.39 is 0 Å². The molecule has 0 atom stereocenters.